The van der Waals surface area contributed by atoms with Crippen LogP contribution in [0.25, 0.3) is 0 Å². The zero-order valence-electron chi connectivity index (χ0n) is 9.21. The van der Waals surface area contributed by atoms with Crippen molar-refractivity contribution >= 4 is 24.2 Å². The van der Waals surface area contributed by atoms with Crippen molar-refractivity contribution in [2.24, 2.45) is 5.92 Å². The number of amides is 1. The standard InChI is InChI=1S/C11H16N2OS/c1-8(2)10(15)11(14)13(3)9-5-4-6-12-7-9/h4-8,10,15H,1-3H3. The summed E-state index contributed by atoms with van der Waals surface area (Å²) < 4.78 is 0. The van der Waals surface area contributed by atoms with E-state index in [1.54, 1.807) is 24.3 Å². The number of nitrogens with zero attached hydrogens (tertiary/aromatic N) is 2. The predicted octanol–water partition coefficient (Wildman–Crippen LogP) is 2.00. The van der Waals surface area contributed by atoms with E-state index in [0.717, 1.165) is 5.69 Å². The number of aromatic nitrogens is 1. The summed E-state index contributed by atoms with van der Waals surface area (Å²) in [6, 6.07) is 3.66. The SMILES string of the molecule is CC(C)C(S)C(=O)N(C)c1cccnc1. The van der Waals surface area contributed by atoms with Gasteiger partial charge in [-0.15, -0.1) is 0 Å². The fourth-order valence-corrected chi connectivity index (χ4v) is 1.34. The lowest BCUT2D eigenvalue weighted by Crippen LogP contribution is -2.36. The average Bonchev–Trinajstić information content (AvgIpc) is 2.27. The van der Waals surface area contributed by atoms with Gasteiger partial charge in [-0.25, -0.2) is 0 Å². The molecular weight excluding hydrogens is 208 g/mol. The zero-order valence-corrected chi connectivity index (χ0v) is 10.1. The van der Waals surface area contributed by atoms with E-state index in [9.17, 15) is 4.79 Å². The number of hydrogen-bond acceptors (Lipinski definition) is 3. The molecule has 1 heterocycles. The molecule has 0 aliphatic rings. The number of pyridine rings is 1. The number of rotatable bonds is 3. The van der Waals surface area contributed by atoms with Crippen molar-refractivity contribution in [3.8, 4) is 0 Å². The summed E-state index contributed by atoms with van der Waals surface area (Å²) in [6.07, 6.45) is 3.35. The molecule has 82 valence electrons. The molecule has 1 amide bonds. The molecule has 15 heavy (non-hydrogen) atoms. The van der Waals surface area contributed by atoms with E-state index in [1.807, 2.05) is 26.0 Å². The smallest absolute Gasteiger partial charge is 0.239 e. The Labute approximate surface area is 95.9 Å². The average molecular weight is 224 g/mol. The molecule has 0 aliphatic carbocycles. The first kappa shape index (κ1) is 12.0. The van der Waals surface area contributed by atoms with Gasteiger partial charge >= 0.3 is 0 Å². The number of hydrogen-bond donors (Lipinski definition) is 1. The summed E-state index contributed by atoms with van der Waals surface area (Å²) in [5.74, 6) is 0.223. The van der Waals surface area contributed by atoms with E-state index in [-0.39, 0.29) is 17.1 Å². The van der Waals surface area contributed by atoms with Crippen LogP contribution >= 0.6 is 12.6 Å². The molecule has 0 N–H and O–H groups in total. The Bertz CT molecular complexity index is 327. The lowest BCUT2D eigenvalue weighted by atomic mass is 10.1. The minimum Gasteiger partial charge on any atom is -0.313 e. The van der Waals surface area contributed by atoms with Gasteiger partial charge in [-0.05, 0) is 18.1 Å². The van der Waals surface area contributed by atoms with E-state index in [1.165, 1.54) is 0 Å². The molecule has 3 nitrogen and oxygen atoms in total. The molecule has 0 bridgehead atoms. The van der Waals surface area contributed by atoms with Crippen LogP contribution < -0.4 is 4.90 Å². The van der Waals surface area contributed by atoms with Crippen LogP contribution in [0, 0.1) is 5.92 Å². The molecule has 0 saturated heterocycles. The van der Waals surface area contributed by atoms with Crippen LogP contribution in [0.1, 0.15) is 13.8 Å². The maximum atomic E-state index is 11.9. The van der Waals surface area contributed by atoms with Crippen molar-refractivity contribution in [1.82, 2.24) is 4.98 Å². The summed E-state index contributed by atoms with van der Waals surface area (Å²) in [5.41, 5.74) is 0.794. The molecule has 0 radical (unpaired) electrons. The van der Waals surface area contributed by atoms with Gasteiger partial charge in [0.1, 0.15) is 0 Å². The fourth-order valence-electron chi connectivity index (χ4n) is 1.16. The summed E-state index contributed by atoms with van der Waals surface area (Å²) in [4.78, 5) is 17.5. The highest BCUT2D eigenvalue weighted by atomic mass is 32.1. The van der Waals surface area contributed by atoms with E-state index in [4.69, 9.17) is 0 Å². The van der Waals surface area contributed by atoms with Crippen molar-refractivity contribution < 1.29 is 4.79 Å². The summed E-state index contributed by atoms with van der Waals surface area (Å²) in [6.45, 7) is 3.96. The fraction of sp³-hybridized carbons (Fsp3) is 0.455. The Morgan fingerprint density at radius 2 is 2.20 bits per heavy atom. The quantitative estimate of drug-likeness (QED) is 0.797. The molecule has 1 aromatic heterocycles. The lowest BCUT2D eigenvalue weighted by molar-refractivity contribution is -0.118. The maximum absolute atomic E-state index is 11.9. The number of carbonyl (C=O) groups is 1. The second-order valence-electron chi connectivity index (χ2n) is 3.80. The highest BCUT2D eigenvalue weighted by Crippen LogP contribution is 2.16. The second kappa shape index (κ2) is 5.16. The van der Waals surface area contributed by atoms with Crippen LogP contribution in [0.4, 0.5) is 5.69 Å². The third-order valence-electron chi connectivity index (χ3n) is 2.25. The van der Waals surface area contributed by atoms with Crippen molar-refractivity contribution in [1.29, 1.82) is 0 Å². The first-order chi connectivity index (χ1) is 7.04. The molecule has 0 spiro atoms. The third kappa shape index (κ3) is 2.96. The van der Waals surface area contributed by atoms with Crippen molar-refractivity contribution in [3.63, 3.8) is 0 Å². The molecular formula is C11H16N2OS. The van der Waals surface area contributed by atoms with Crippen LogP contribution in [0.2, 0.25) is 0 Å². The molecule has 0 aliphatic heterocycles. The van der Waals surface area contributed by atoms with Crippen LogP contribution in [-0.4, -0.2) is 23.2 Å². The molecule has 1 unspecified atom stereocenters. The molecule has 0 fully saturated rings. The van der Waals surface area contributed by atoms with Gasteiger partial charge in [0.2, 0.25) is 5.91 Å². The van der Waals surface area contributed by atoms with Crippen molar-refractivity contribution in [3.05, 3.63) is 24.5 Å². The minimum absolute atomic E-state index is 0.00123. The Balaban J connectivity index is 2.78. The van der Waals surface area contributed by atoms with Gasteiger partial charge in [0.25, 0.3) is 0 Å². The number of thiol groups is 1. The minimum atomic E-state index is -0.268. The Morgan fingerprint density at radius 1 is 1.53 bits per heavy atom. The van der Waals surface area contributed by atoms with E-state index in [0.29, 0.717) is 0 Å². The Hall–Kier alpha value is -1.03. The highest BCUT2D eigenvalue weighted by Gasteiger charge is 2.22. The number of carbonyl (C=O) groups excluding carboxylic acids is 1. The zero-order chi connectivity index (χ0) is 11.4. The molecule has 1 rings (SSSR count). The van der Waals surface area contributed by atoms with E-state index < -0.39 is 0 Å². The maximum Gasteiger partial charge on any atom is 0.239 e. The van der Waals surface area contributed by atoms with E-state index >= 15 is 0 Å². The monoisotopic (exact) mass is 224 g/mol. The van der Waals surface area contributed by atoms with Gasteiger partial charge in [0, 0.05) is 13.2 Å². The molecule has 4 heteroatoms. The topological polar surface area (TPSA) is 33.2 Å². The van der Waals surface area contributed by atoms with Crippen LogP contribution in [0.15, 0.2) is 24.5 Å². The first-order valence-electron chi connectivity index (χ1n) is 4.89. The molecule has 0 aromatic carbocycles. The van der Waals surface area contributed by atoms with Gasteiger partial charge in [-0.1, -0.05) is 13.8 Å². The third-order valence-corrected chi connectivity index (χ3v) is 3.07. The lowest BCUT2D eigenvalue weighted by Gasteiger charge is -2.22. The van der Waals surface area contributed by atoms with E-state index in [2.05, 4.69) is 17.6 Å². The normalized spacial score (nSPS) is 12.6. The van der Waals surface area contributed by atoms with Gasteiger partial charge in [-0.2, -0.15) is 12.6 Å². The van der Waals surface area contributed by atoms with Crippen molar-refractivity contribution in [2.45, 2.75) is 19.1 Å². The van der Waals surface area contributed by atoms with Crippen LogP contribution in [-0.2, 0) is 4.79 Å². The second-order valence-corrected chi connectivity index (χ2v) is 4.35. The highest BCUT2D eigenvalue weighted by molar-refractivity contribution is 7.81. The van der Waals surface area contributed by atoms with Crippen LogP contribution in [0.5, 0.6) is 0 Å². The van der Waals surface area contributed by atoms with Gasteiger partial charge in [-0.3, -0.25) is 9.78 Å². The largest absolute Gasteiger partial charge is 0.313 e. The Kier molecular flexibility index (Phi) is 4.15. The van der Waals surface area contributed by atoms with Gasteiger partial charge in [0.05, 0.1) is 17.1 Å². The predicted molar refractivity (Wildman–Crippen MR) is 65.3 cm³/mol. The van der Waals surface area contributed by atoms with Crippen molar-refractivity contribution in [2.75, 3.05) is 11.9 Å². The summed E-state index contributed by atoms with van der Waals surface area (Å²) in [7, 11) is 1.74. The first-order valence-corrected chi connectivity index (χ1v) is 5.41. The molecule has 1 atom stereocenters. The van der Waals surface area contributed by atoms with Gasteiger partial charge < -0.3 is 4.90 Å². The summed E-state index contributed by atoms with van der Waals surface area (Å²) in [5, 5.41) is -0.268. The Morgan fingerprint density at radius 3 is 2.67 bits per heavy atom. The molecule has 0 saturated carbocycles. The van der Waals surface area contributed by atoms with Gasteiger partial charge in [0.15, 0.2) is 0 Å². The summed E-state index contributed by atoms with van der Waals surface area (Å²) >= 11 is 4.30. The molecule has 1 aromatic rings. The van der Waals surface area contributed by atoms with Crippen LogP contribution in [0.3, 0.4) is 0 Å². The number of anilines is 1.